The van der Waals surface area contributed by atoms with Gasteiger partial charge >= 0.3 is 12.8 Å². The average Bonchev–Trinajstić information content (AvgIpc) is 2.35. The van der Waals surface area contributed by atoms with E-state index < -0.39 is 30.0 Å². The van der Waals surface area contributed by atoms with Crippen LogP contribution in [0.5, 0.6) is 0 Å². The summed E-state index contributed by atoms with van der Waals surface area (Å²) >= 11 is 0. The predicted molar refractivity (Wildman–Crippen MR) is 66.6 cm³/mol. The number of H-pyrrole nitrogens is 1. The van der Waals surface area contributed by atoms with Gasteiger partial charge in [-0.2, -0.15) is 4.39 Å². The largest absolute Gasteiger partial charge is 0.488 e. The molecule has 0 fully saturated rings. The van der Waals surface area contributed by atoms with Gasteiger partial charge in [-0.25, -0.2) is 9.18 Å². The van der Waals surface area contributed by atoms with Gasteiger partial charge in [0, 0.05) is 0 Å². The summed E-state index contributed by atoms with van der Waals surface area (Å²) in [5, 5.41) is 18.0. The van der Waals surface area contributed by atoms with Crippen LogP contribution in [0.4, 0.5) is 8.78 Å². The Morgan fingerprint density at radius 1 is 1.20 bits per heavy atom. The quantitative estimate of drug-likeness (QED) is 0.600. The van der Waals surface area contributed by atoms with E-state index in [1.807, 2.05) is 0 Å². The first kappa shape index (κ1) is 14.2. The van der Waals surface area contributed by atoms with Crippen molar-refractivity contribution in [1.29, 1.82) is 0 Å². The highest BCUT2D eigenvalue weighted by Gasteiger charge is 2.14. The number of hydrogen-bond acceptors (Lipinski definition) is 4. The molecule has 9 heteroatoms. The second-order valence-corrected chi connectivity index (χ2v) is 4.13. The first-order chi connectivity index (χ1) is 9.36. The summed E-state index contributed by atoms with van der Waals surface area (Å²) in [4.78, 5) is 24.1. The zero-order valence-electron chi connectivity index (χ0n) is 10.0. The molecule has 1 aromatic heterocycles. The van der Waals surface area contributed by atoms with Crippen LogP contribution in [0.15, 0.2) is 34.0 Å². The lowest BCUT2D eigenvalue weighted by molar-refractivity contribution is 0.425. The van der Waals surface area contributed by atoms with Crippen molar-refractivity contribution in [3.05, 3.63) is 62.4 Å². The van der Waals surface area contributed by atoms with Gasteiger partial charge in [0.15, 0.2) is 0 Å². The molecule has 2 rings (SSSR count). The summed E-state index contributed by atoms with van der Waals surface area (Å²) in [5.74, 6) is -1.88. The van der Waals surface area contributed by atoms with Crippen molar-refractivity contribution in [2.45, 2.75) is 6.54 Å². The minimum Gasteiger partial charge on any atom is -0.423 e. The lowest BCUT2D eigenvalue weighted by atomic mass is 9.79. The van der Waals surface area contributed by atoms with E-state index in [-0.39, 0.29) is 17.6 Å². The molecule has 0 aliphatic carbocycles. The molecule has 0 radical (unpaired) electrons. The predicted octanol–water partition coefficient (Wildman–Crippen LogP) is -1.46. The van der Waals surface area contributed by atoms with E-state index in [9.17, 15) is 18.4 Å². The molecule has 20 heavy (non-hydrogen) atoms. The lowest BCUT2D eigenvalue weighted by Gasteiger charge is -2.08. The van der Waals surface area contributed by atoms with Gasteiger partial charge in [-0.3, -0.25) is 14.3 Å². The van der Waals surface area contributed by atoms with Crippen molar-refractivity contribution in [2.75, 3.05) is 0 Å². The van der Waals surface area contributed by atoms with Gasteiger partial charge in [-0.15, -0.1) is 0 Å². The van der Waals surface area contributed by atoms with Crippen LogP contribution in [0.2, 0.25) is 0 Å². The number of hydrogen-bond donors (Lipinski definition) is 3. The van der Waals surface area contributed by atoms with Crippen molar-refractivity contribution in [2.24, 2.45) is 0 Å². The molecule has 104 valence electrons. The molecule has 0 amide bonds. The maximum absolute atomic E-state index is 13.3. The normalized spacial score (nSPS) is 10.6. The van der Waals surface area contributed by atoms with E-state index in [0.29, 0.717) is 6.20 Å². The average molecular weight is 282 g/mol. The monoisotopic (exact) mass is 282 g/mol. The molecule has 0 spiro atoms. The van der Waals surface area contributed by atoms with E-state index >= 15 is 0 Å². The topological polar surface area (TPSA) is 95.3 Å². The van der Waals surface area contributed by atoms with Gasteiger partial charge in [-0.05, 0) is 23.2 Å². The zero-order valence-corrected chi connectivity index (χ0v) is 10.0. The molecule has 0 saturated carbocycles. The van der Waals surface area contributed by atoms with E-state index in [4.69, 9.17) is 10.0 Å². The zero-order chi connectivity index (χ0) is 14.9. The summed E-state index contributed by atoms with van der Waals surface area (Å²) in [6.45, 7) is -0.232. The summed E-state index contributed by atoms with van der Waals surface area (Å²) in [6, 6.07) is 3.23. The van der Waals surface area contributed by atoms with Gasteiger partial charge in [0.2, 0.25) is 5.82 Å². The standard InChI is InChI=1S/C11H9BF2N2O4/c13-8-2-6(1-7(3-8)12(19)20)4-16-5-9(14)10(17)15-11(16)18/h1-3,5,19-20H,4H2,(H,15,17,18). The Morgan fingerprint density at radius 3 is 2.55 bits per heavy atom. The highest BCUT2D eigenvalue weighted by molar-refractivity contribution is 6.58. The molecule has 1 aromatic carbocycles. The maximum atomic E-state index is 13.3. The second kappa shape index (κ2) is 5.39. The Hall–Kier alpha value is -2.26. The maximum Gasteiger partial charge on any atom is 0.488 e. The number of nitrogens with one attached hydrogen (secondary N) is 1. The summed E-state index contributed by atoms with van der Waals surface area (Å²) in [5.41, 5.74) is -1.89. The fourth-order valence-electron chi connectivity index (χ4n) is 1.71. The van der Waals surface area contributed by atoms with Crippen molar-refractivity contribution in [3.8, 4) is 0 Å². The molecule has 0 aliphatic heterocycles. The lowest BCUT2D eigenvalue weighted by Crippen LogP contribution is -2.33. The SMILES string of the molecule is O=c1[nH]c(=O)n(Cc2cc(F)cc(B(O)O)c2)cc1F. The Morgan fingerprint density at radius 2 is 1.90 bits per heavy atom. The van der Waals surface area contributed by atoms with Crippen molar-refractivity contribution < 1.29 is 18.8 Å². The second-order valence-electron chi connectivity index (χ2n) is 4.13. The molecule has 0 atom stereocenters. The molecule has 6 nitrogen and oxygen atoms in total. The third-order valence-electron chi connectivity index (χ3n) is 2.60. The van der Waals surface area contributed by atoms with Crippen LogP contribution >= 0.6 is 0 Å². The van der Waals surface area contributed by atoms with Gasteiger partial charge in [0.1, 0.15) is 5.82 Å². The van der Waals surface area contributed by atoms with Crippen molar-refractivity contribution in [1.82, 2.24) is 9.55 Å². The minimum absolute atomic E-state index is 0.0991. The van der Waals surface area contributed by atoms with Crippen LogP contribution in [0.1, 0.15) is 5.56 Å². The highest BCUT2D eigenvalue weighted by atomic mass is 19.1. The van der Waals surface area contributed by atoms with Crippen LogP contribution in [0.3, 0.4) is 0 Å². The van der Waals surface area contributed by atoms with Crippen LogP contribution < -0.4 is 16.7 Å². The molecule has 1 heterocycles. The van der Waals surface area contributed by atoms with E-state index in [0.717, 1.165) is 16.7 Å². The molecule has 0 bridgehead atoms. The number of aromatic amines is 1. The Kier molecular flexibility index (Phi) is 3.82. The summed E-state index contributed by atoms with van der Waals surface area (Å²) < 4.78 is 27.2. The molecule has 2 aromatic rings. The first-order valence-electron chi connectivity index (χ1n) is 5.51. The van der Waals surface area contributed by atoms with Gasteiger partial charge < -0.3 is 10.0 Å². The number of aromatic nitrogens is 2. The molecule has 3 N–H and O–H groups in total. The number of benzene rings is 1. The van der Waals surface area contributed by atoms with Crippen LogP contribution in [0.25, 0.3) is 0 Å². The number of halogens is 2. The highest BCUT2D eigenvalue weighted by Crippen LogP contribution is 2.04. The third kappa shape index (κ3) is 3.01. The van der Waals surface area contributed by atoms with Crippen molar-refractivity contribution >= 4 is 12.6 Å². The van der Waals surface area contributed by atoms with Gasteiger partial charge in [0.25, 0.3) is 5.56 Å². The number of nitrogens with zero attached hydrogens (tertiary/aromatic N) is 1. The van der Waals surface area contributed by atoms with Crippen LogP contribution in [-0.4, -0.2) is 26.7 Å². The fourth-order valence-corrected chi connectivity index (χ4v) is 1.71. The minimum atomic E-state index is -1.87. The third-order valence-corrected chi connectivity index (χ3v) is 2.60. The van der Waals surface area contributed by atoms with Crippen LogP contribution in [-0.2, 0) is 6.54 Å². The van der Waals surface area contributed by atoms with Crippen molar-refractivity contribution in [3.63, 3.8) is 0 Å². The van der Waals surface area contributed by atoms with E-state index in [1.165, 1.54) is 6.07 Å². The molecular formula is C11H9BF2N2O4. The smallest absolute Gasteiger partial charge is 0.423 e. The Balaban J connectivity index is 2.42. The number of rotatable bonds is 3. The van der Waals surface area contributed by atoms with E-state index in [1.54, 1.807) is 4.98 Å². The molecule has 0 saturated heterocycles. The van der Waals surface area contributed by atoms with E-state index in [2.05, 4.69) is 0 Å². The summed E-state index contributed by atoms with van der Waals surface area (Å²) in [7, 11) is -1.87. The molecule has 0 unspecified atom stereocenters. The fraction of sp³-hybridized carbons (Fsp3) is 0.0909. The Bertz CT molecular complexity index is 757. The summed E-state index contributed by atoms with van der Waals surface area (Å²) in [6.07, 6.45) is 0.696. The molecular weight excluding hydrogens is 273 g/mol. The first-order valence-corrected chi connectivity index (χ1v) is 5.51. The Labute approximate surface area is 111 Å². The van der Waals surface area contributed by atoms with Gasteiger partial charge in [-0.1, -0.05) is 6.07 Å². The van der Waals surface area contributed by atoms with Gasteiger partial charge in [0.05, 0.1) is 12.7 Å². The molecule has 0 aliphatic rings. The van der Waals surface area contributed by atoms with Crippen LogP contribution in [0, 0.1) is 11.6 Å².